The van der Waals surface area contributed by atoms with Gasteiger partial charge in [-0.2, -0.15) is 0 Å². The van der Waals surface area contributed by atoms with Crippen molar-refractivity contribution in [2.24, 2.45) is 29.1 Å². The first-order valence-corrected chi connectivity index (χ1v) is 8.48. The molecular weight excluding hydrogens is 274 g/mol. The van der Waals surface area contributed by atoms with Crippen LogP contribution in [0.25, 0.3) is 0 Å². The first-order valence-electron chi connectivity index (χ1n) is 8.48. The Morgan fingerprint density at radius 2 is 1.81 bits per heavy atom. The Labute approximate surface area is 126 Å². The average molecular weight is 302 g/mol. The number of hydrogen-bond acceptors (Lipinski definition) is 2. The maximum atomic E-state index is 12.3. The topological polar surface area (TPSA) is 29.5 Å². The minimum atomic E-state index is -2.38. The lowest BCUT2D eigenvalue weighted by Crippen LogP contribution is -2.64. The molecule has 4 bridgehead atoms. The first kappa shape index (κ1) is 15.7. The molecule has 4 rings (SSSR count). The van der Waals surface area contributed by atoms with Gasteiger partial charge in [0.15, 0.2) is 0 Å². The van der Waals surface area contributed by atoms with Gasteiger partial charge in [-0.1, -0.05) is 20.3 Å². The fraction of sp³-hybridized carbons (Fsp3) is 1.00. The molecule has 2 nitrogen and oxygen atoms in total. The standard InChI is InChI=1S/C17H28F2O2/c1-3-11(2)17(20)13-4-12-5-14(17)8-16(6-12,7-13)10-21-9-15(18)19/h11-15,20H,3-10H2,1-2H3. The van der Waals surface area contributed by atoms with Crippen LogP contribution in [0.2, 0.25) is 0 Å². The van der Waals surface area contributed by atoms with Gasteiger partial charge in [0.25, 0.3) is 6.43 Å². The lowest BCUT2D eigenvalue weighted by Gasteiger charge is -2.65. The molecular formula is C17H28F2O2. The van der Waals surface area contributed by atoms with E-state index >= 15 is 0 Å². The van der Waals surface area contributed by atoms with Crippen LogP contribution in [-0.2, 0) is 4.74 Å². The van der Waals surface area contributed by atoms with Gasteiger partial charge in [-0.15, -0.1) is 0 Å². The van der Waals surface area contributed by atoms with E-state index < -0.39 is 18.6 Å². The van der Waals surface area contributed by atoms with Crippen LogP contribution >= 0.6 is 0 Å². The van der Waals surface area contributed by atoms with E-state index in [-0.39, 0.29) is 5.41 Å². The van der Waals surface area contributed by atoms with Gasteiger partial charge in [-0.25, -0.2) is 8.78 Å². The molecule has 4 aliphatic carbocycles. The number of aliphatic hydroxyl groups is 1. The minimum absolute atomic E-state index is 0.0606. The van der Waals surface area contributed by atoms with E-state index in [1.165, 1.54) is 0 Å². The molecule has 0 aromatic rings. The van der Waals surface area contributed by atoms with Gasteiger partial charge in [0.1, 0.15) is 6.61 Å². The van der Waals surface area contributed by atoms with E-state index in [0.29, 0.717) is 30.3 Å². The molecule has 4 aliphatic rings. The van der Waals surface area contributed by atoms with Crippen molar-refractivity contribution in [3.63, 3.8) is 0 Å². The number of hydrogen-bond donors (Lipinski definition) is 1. The lowest BCUT2D eigenvalue weighted by molar-refractivity contribution is -0.234. The number of ether oxygens (including phenoxy) is 1. The highest BCUT2D eigenvalue weighted by Crippen LogP contribution is 2.65. The summed E-state index contributed by atoms with van der Waals surface area (Å²) in [6.07, 6.45) is 3.90. The van der Waals surface area contributed by atoms with Gasteiger partial charge in [-0.3, -0.25) is 0 Å². The van der Waals surface area contributed by atoms with E-state index in [1.807, 2.05) is 0 Å². The zero-order valence-corrected chi connectivity index (χ0v) is 13.2. The summed E-state index contributed by atoms with van der Waals surface area (Å²) in [6, 6.07) is 0. The van der Waals surface area contributed by atoms with Crippen LogP contribution in [0.3, 0.4) is 0 Å². The maximum absolute atomic E-state index is 12.3. The molecule has 0 heterocycles. The van der Waals surface area contributed by atoms with Gasteiger partial charge < -0.3 is 9.84 Å². The Morgan fingerprint density at radius 1 is 1.19 bits per heavy atom. The zero-order chi connectivity index (χ0) is 15.3. The number of alkyl halides is 2. The SMILES string of the molecule is CCC(C)C1(O)C2CC3CC1CC(COCC(F)F)(C3)C2. The van der Waals surface area contributed by atoms with Crippen molar-refractivity contribution < 1.29 is 18.6 Å². The Bertz CT molecular complexity index is 369. The first-order chi connectivity index (χ1) is 9.89. The Kier molecular flexibility index (Phi) is 4.07. The average Bonchev–Trinajstić information content (AvgIpc) is 2.42. The predicted octanol–water partition coefficient (Wildman–Crippen LogP) is 3.87. The summed E-state index contributed by atoms with van der Waals surface area (Å²) in [6.45, 7) is 4.33. The quantitative estimate of drug-likeness (QED) is 0.807. The Balaban J connectivity index is 1.73. The monoisotopic (exact) mass is 302 g/mol. The van der Waals surface area contributed by atoms with Crippen LogP contribution in [0.5, 0.6) is 0 Å². The smallest absolute Gasteiger partial charge is 0.261 e. The molecule has 4 heteroatoms. The largest absolute Gasteiger partial charge is 0.389 e. The van der Waals surface area contributed by atoms with Crippen LogP contribution in [0.4, 0.5) is 8.78 Å². The van der Waals surface area contributed by atoms with Crippen LogP contribution < -0.4 is 0 Å². The molecule has 0 amide bonds. The molecule has 4 fully saturated rings. The summed E-state index contributed by atoms with van der Waals surface area (Å²) in [4.78, 5) is 0. The second-order valence-electron chi connectivity index (χ2n) is 7.95. The van der Waals surface area contributed by atoms with Crippen molar-refractivity contribution in [1.82, 2.24) is 0 Å². The number of halogens is 2. The van der Waals surface area contributed by atoms with Crippen molar-refractivity contribution >= 4 is 0 Å². The van der Waals surface area contributed by atoms with Gasteiger partial charge in [0.05, 0.1) is 12.2 Å². The third kappa shape index (κ3) is 2.52. The molecule has 3 atom stereocenters. The molecule has 4 saturated carbocycles. The minimum Gasteiger partial charge on any atom is -0.389 e. The maximum Gasteiger partial charge on any atom is 0.261 e. The van der Waals surface area contributed by atoms with Crippen LogP contribution in [0.1, 0.15) is 52.4 Å². The van der Waals surface area contributed by atoms with Crippen molar-refractivity contribution in [2.45, 2.75) is 64.4 Å². The highest BCUT2D eigenvalue weighted by Gasteiger charge is 2.62. The summed E-state index contributed by atoms with van der Waals surface area (Å²) in [7, 11) is 0. The van der Waals surface area contributed by atoms with Gasteiger partial charge in [0.2, 0.25) is 0 Å². The lowest BCUT2D eigenvalue weighted by atomic mass is 9.43. The summed E-state index contributed by atoms with van der Waals surface area (Å²) < 4.78 is 29.9. The Morgan fingerprint density at radius 3 is 2.33 bits per heavy atom. The molecule has 0 aromatic carbocycles. The van der Waals surface area contributed by atoms with E-state index in [1.54, 1.807) is 0 Å². The number of rotatable bonds is 6. The molecule has 0 spiro atoms. The van der Waals surface area contributed by atoms with E-state index in [9.17, 15) is 13.9 Å². The van der Waals surface area contributed by atoms with Crippen molar-refractivity contribution in [2.75, 3.05) is 13.2 Å². The van der Waals surface area contributed by atoms with Crippen LogP contribution in [-0.4, -0.2) is 30.3 Å². The third-order valence-corrected chi connectivity index (χ3v) is 6.68. The van der Waals surface area contributed by atoms with E-state index in [4.69, 9.17) is 4.74 Å². The van der Waals surface area contributed by atoms with Crippen molar-refractivity contribution in [1.29, 1.82) is 0 Å². The zero-order valence-electron chi connectivity index (χ0n) is 13.2. The summed E-state index contributed by atoms with van der Waals surface area (Å²) in [5.74, 6) is 1.68. The fourth-order valence-corrected chi connectivity index (χ4v) is 5.85. The van der Waals surface area contributed by atoms with Gasteiger partial charge in [0, 0.05) is 0 Å². The molecule has 3 unspecified atom stereocenters. The highest BCUT2D eigenvalue weighted by molar-refractivity contribution is 5.12. The highest BCUT2D eigenvalue weighted by atomic mass is 19.3. The van der Waals surface area contributed by atoms with Gasteiger partial charge in [-0.05, 0) is 61.2 Å². The normalized spacial score (nSPS) is 46.3. The van der Waals surface area contributed by atoms with Gasteiger partial charge >= 0.3 is 0 Å². The Hall–Kier alpha value is -0.220. The fourth-order valence-electron chi connectivity index (χ4n) is 5.85. The summed E-state index contributed by atoms with van der Waals surface area (Å²) >= 11 is 0. The second-order valence-corrected chi connectivity index (χ2v) is 7.95. The van der Waals surface area contributed by atoms with Crippen molar-refractivity contribution in [3.8, 4) is 0 Å². The predicted molar refractivity (Wildman–Crippen MR) is 77.2 cm³/mol. The van der Waals surface area contributed by atoms with Crippen LogP contribution in [0.15, 0.2) is 0 Å². The molecule has 1 N–H and O–H groups in total. The third-order valence-electron chi connectivity index (χ3n) is 6.68. The molecule has 0 aliphatic heterocycles. The summed E-state index contributed by atoms with van der Waals surface area (Å²) in [5, 5.41) is 11.3. The molecule has 0 saturated heterocycles. The van der Waals surface area contributed by atoms with E-state index in [0.717, 1.165) is 38.5 Å². The molecule has 122 valence electrons. The molecule has 21 heavy (non-hydrogen) atoms. The summed E-state index contributed by atoms with van der Waals surface area (Å²) in [5.41, 5.74) is -0.469. The van der Waals surface area contributed by atoms with Crippen molar-refractivity contribution in [3.05, 3.63) is 0 Å². The van der Waals surface area contributed by atoms with Crippen LogP contribution in [0, 0.1) is 29.1 Å². The molecule has 0 aromatic heterocycles. The second kappa shape index (κ2) is 5.45. The van der Waals surface area contributed by atoms with E-state index in [2.05, 4.69) is 13.8 Å². The molecule has 0 radical (unpaired) electrons.